The number of halogens is 1. The summed E-state index contributed by atoms with van der Waals surface area (Å²) in [5, 5.41) is 15.8. The summed E-state index contributed by atoms with van der Waals surface area (Å²) in [4.78, 5) is 0. The van der Waals surface area contributed by atoms with Crippen molar-refractivity contribution in [2.24, 2.45) is 5.73 Å². The van der Waals surface area contributed by atoms with E-state index in [-0.39, 0.29) is 18.0 Å². The number of benzene rings is 1. The van der Waals surface area contributed by atoms with Crippen LogP contribution in [-0.2, 0) is 6.42 Å². The maximum absolute atomic E-state index is 12.9. The fourth-order valence-electron chi connectivity index (χ4n) is 0.885. The van der Waals surface area contributed by atoms with Crippen LogP contribution in [-0.4, -0.2) is 10.9 Å². The Morgan fingerprint density at radius 1 is 1.58 bits per heavy atom. The fourth-order valence-corrected chi connectivity index (χ4v) is 0.885. The molecule has 4 heteroatoms. The van der Waals surface area contributed by atoms with E-state index in [1.54, 1.807) is 0 Å². The van der Waals surface area contributed by atoms with Crippen molar-refractivity contribution in [1.82, 2.24) is 0 Å². The van der Waals surface area contributed by atoms with Gasteiger partial charge >= 0.3 is 0 Å². The van der Waals surface area contributed by atoms with Crippen molar-refractivity contribution in [3.8, 4) is 5.75 Å². The van der Waals surface area contributed by atoms with Gasteiger partial charge < -0.3 is 10.8 Å². The van der Waals surface area contributed by atoms with Crippen LogP contribution in [0.2, 0.25) is 0 Å². The van der Waals surface area contributed by atoms with Crippen molar-refractivity contribution in [3.63, 3.8) is 0 Å². The van der Waals surface area contributed by atoms with Crippen LogP contribution in [0.5, 0.6) is 5.75 Å². The molecule has 0 aliphatic carbocycles. The molecule has 0 bridgehead atoms. The molecule has 12 heavy (non-hydrogen) atoms. The second kappa shape index (κ2) is 3.21. The van der Waals surface area contributed by atoms with E-state index in [9.17, 15) is 4.39 Å². The van der Waals surface area contributed by atoms with E-state index in [0.29, 0.717) is 5.56 Å². The predicted molar refractivity (Wildman–Crippen MR) is 43.7 cm³/mol. The SMILES string of the molecule is N=C(N)Cc1ccc(O)cc1F. The highest BCUT2D eigenvalue weighted by Crippen LogP contribution is 2.14. The van der Waals surface area contributed by atoms with Crippen LogP contribution < -0.4 is 5.73 Å². The molecule has 0 saturated carbocycles. The molecule has 0 aliphatic heterocycles. The van der Waals surface area contributed by atoms with Crippen LogP contribution in [0.3, 0.4) is 0 Å². The molecular weight excluding hydrogens is 159 g/mol. The lowest BCUT2D eigenvalue weighted by molar-refractivity contribution is 0.468. The Morgan fingerprint density at radius 3 is 2.75 bits per heavy atom. The Labute approximate surface area is 69.1 Å². The molecule has 0 atom stereocenters. The molecule has 0 amide bonds. The van der Waals surface area contributed by atoms with Crippen molar-refractivity contribution in [2.75, 3.05) is 0 Å². The smallest absolute Gasteiger partial charge is 0.130 e. The van der Waals surface area contributed by atoms with Gasteiger partial charge in [-0.2, -0.15) is 0 Å². The molecule has 0 spiro atoms. The van der Waals surface area contributed by atoms with Crippen LogP contribution in [0, 0.1) is 11.2 Å². The zero-order valence-electron chi connectivity index (χ0n) is 6.34. The predicted octanol–water partition coefficient (Wildman–Crippen LogP) is 1.01. The molecule has 0 saturated heterocycles. The van der Waals surface area contributed by atoms with Crippen LogP contribution in [0.4, 0.5) is 4.39 Å². The van der Waals surface area contributed by atoms with Crippen molar-refractivity contribution in [3.05, 3.63) is 29.6 Å². The summed E-state index contributed by atoms with van der Waals surface area (Å²) >= 11 is 0. The molecule has 0 radical (unpaired) electrons. The molecule has 0 unspecified atom stereocenters. The average Bonchev–Trinajstić information content (AvgIpc) is 1.94. The quantitative estimate of drug-likeness (QED) is 0.455. The van der Waals surface area contributed by atoms with Crippen molar-refractivity contribution < 1.29 is 9.50 Å². The Bertz CT molecular complexity index is 312. The minimum atomic E-state index is -0.537. The van der Waals surface area contributed by atoms with Gasteiger partial charge in [0.05, 0.1) is 5.84 Å². The highest BCUT2D eigenvalue weighted by Gasteiger charge is 2.03. The molecule has 1 rings (SSSR count). The molecule has 0 aromatic heterocycles. The van der Waals surface area contributed by atoms with Crippen LogP contribution in [0.1, 0.15) is 5.56 Å². The largest absolute Gasteiger partial charge is 0.508 e. The van der Waals surface area contributed by atoms with Gasteiger partial charge in [0.2, 0.25) is 0 Å². The number of phenolic OH excluding ortho intramolecular Hbond substituents is 1. The number of aromatic hydroxyl groups is 1. The zero-order valence-corrected chi connectivity index (χ0v) is 6.34. The standard InChI is InChI=1S/C8H9FN2O/c9-7-4-6(12)2-1-5(7)3-8(10)11/h1-2,4,12H,3H2,(H3,10,11). The van der Waals surface area contributed by atoms with E-state index in [4.69, 9.17) is 16.2 Å². The van der Waals surface area contributed by atoms with Gasteiger partial charge in [0, 0.05) is 12.5 Å². The molecule has 0 fully saturated rings. The van der Waals surface area contributed by atoms with E-state index in [1.807, 2.05) is 0 Å². The fraction of sp³-hybridized carbons (Fsp3) is 0.125. The van der Waals surface area contributed by atoms with Crippen molar-refractivity contribution >= 4 is 5.84 Å². The number of hydrogen-bond acceptors (Lipinski definition) is 2. The van der Waals surface area contributed by atoms with Gasteiger partial charge in [0.15, 0.2) is 0 Å². The summed E-state index contributed by atoms with van der Waals surface area (Å²) in [5.41, 5.74) is 5.41. The molecule has 0 heterocycles. The summed E-state index contributed by atoms with van der Waals surface area (Å²) < 4.78 is 12.9. The zero-order chi connectivity index (χ0) is 9.14. The first-order valence-corrected chi connectivity index (χ1v) is 3.40. The van der Waals surface area contributed by atoms with Crippen molar-refractivity contribution in [2.45, 2.75) is 6.42 Å². The van der Waals surface area contributed by atoms with Crippen LogP contribution in [0.15, 0.2) is 18.2 Å². The Balaban J connectivity index is 2.93. The topological polar surface area (TPSA) is 70.1 Å². The molecule has 1 aromatic rings. The van der Waals surface area contributed by atoms with Gasteiger partial charge in [-0.3, -0.25) is 5.41 Å². The first-order valence-electron chi connectivity index (χ1n) is 3.40. The molecule has 1 aromatic carbocycles. The molecule has 3 nitrogen and oxygen atoms in total. The van der Waals surface area contributed by atoms with E-state index in [0.717, 1.165) is 6.07 Å². The summed E-state index contributed by atoms with van der Waals surface area (Å²) in [7, 11) is 0. The van der Waals surface area contributed by atoms with Gasteiger partial charge in [-0.25, -0.2) is 4.39 Å². The normalized spacial score (nSPS) is 9.75. The first kappa shape index (κ1) is 8.52. The Hall–Kier alpha value is -1.58. The van der Waals surface area contributed by atoms with Crippen molar-refractivity contribution in [1.29, 1.82) is 5.41 Å². The van der Waals surface area contributed by atoms with Gasteiger partial charge in [0.1, 0.15) is 11.6 Å². The highest BCUT2D eigenvalue weighted by atomic mass is 19.1. The monoisotopic (exact) mass is 168 g/mol. The maximum atomic E-state index is 12.9. The van der Waals surface area contributed by atoms with E-state index in [1.165, 1.54) is 12.1 Å². The third-order valence-corrected chi connectivity index (χ3v) is 1.42. The van der Waals surface area contributed by atoms with Gasteiger partial charge in [-0.15, -0.1) is 0 Å². The van der Waals surface area contributed by atoms with Crippen LogP contribution in [0.25, 0.3) is 0 Å². The van der Waals surface area contributed by atoms with E-state index in [2.05, 4.69) is 0 Å². The van der Waals surface area contributed by atoms with E-state index >= 15 is 0 Å². The minimum Gasteiger partial charge on any atom is -0.508 e. The number of amidine groups is 1. The minimum absolute atomic E-state index is 0.0755. The number of hydrogen-bond donors (Lipinski definition) is 3. The number of nitrogens with one attached hydrogen (secondary N) is 1. The first-order chi connectivity index (χ1) is 5.59. The summed E-state index contributed by atoms with van der Waals surface area (Å²) in [6.45, 7) is 0. The highest BCUT2D eigenvalue weighted by molar-refractivity contribution is 5.79. The summed E-state index contributed by atoms with van der Waals surface area (Å²) in [6.07, 6.45) is 0.0755. The Morgan fingerprint density at radius 2 is 2.25 bits per heavy atom. The van der Waals surface area contributed by atoms with Gasteiger partial charge in [-0.1, -0.05) is 6.07 Å². The molecule has 64 valence electrons. The number of rotatable bonds is 2. The van der Waals surface area contributed by atoms with Gasteiger partial charge in [-0.05, 0) is 11.6 Å². The van der Waals surface area contributed by atoms with Gasteiger partial charge in [0.25, 0.3) is 0 Å². The average molecular weight is 168 g/mol. The summed E-state index contributed by atoms with van der Waals surface area (Å²) in [6, 6.07) is 3.77. The second-order valence-electron chi connectivity index (χ2n) is 2.48. The second-order valence-corrected chi connectivity index (χ2v) is 2.48. The Kier molecular flexibility index (Phi) is 2.28. The number of nitrogens with two attached hydrogens (primary N) is 1. The number of phenols is 1. The molecule has 4 N–H and O–H groups in total. The lowest BCUT2D eigenvalue weighted by Crippen LogP contribution is -2.13. The van der Waals surface area contributed by atoms with E-state index < -0.39 is 5.82 Å². The lowest BCUT2D eigenvalue weighted by Gasteiger charge is -2.01. The lowest BCUT2D eigenvalue weighted by atomic mass is 10.1. The molecule has 0 aliphatic rings. The maximum Gasteiger partial charge on any atom is 0.130 e. The third kappa shape index (κ3) is 1.95. The third-order valence-electron chi connectivity index (χ3n) is 1.42. The summed E-state index contributed by atoms with van der Waals surface area (Å²) in [5.74, 6) is -0.760. The molecular formula is C8H9FN2O. The van der Waals surface area contributed by atoms with Crippen LogP contribution >= 0.6 is 0 Å².